The van der Waals surface area contributed by atoms with E-state index in [-0.39, 0.29) is 5.69 Å². The summed E-state index contributed by atoms with van der Waals surface area (Å²) in [6.07, 6.45) is 3.86. The number of likely N-dealkylation sites (tertiary alicyclic amines) is 1. The second-order valence-corrected chi connectivity index (χ2v) is 5.21. The molecule has 0 amide bonds. The van der Waals surface area contributed by atoms with E-state index in [0.717, 1.165) is 32.1 Å². The van der Waals surface area contributed by atoms with Gasteiger partial charge < -0.3 is 19.4 Å². The highest BCUT2D eigenvalue weighted by Gasteiger charge is 2.16. The molecule has 2 rings (SSSR count). The molecule has 2 heterocycles. The third kappa shape index (κ3) is 4.23. The zero-order valence-corrected chi connectivity index (χ0v) is 12.2. The number of aromatic nitrogens is 1. The molecule has 112 valence electrons. The van der Waals surface area contributed by atoms with Gasteiger partial charge in [-0.25, -0.2) is 4.79 Å². The Labute approximate surface area is 119 Å². The summed E-state index contributed by atoms with van der Waals surface area (Å²) in [6.45, 7) is 8.43. The van der Waals surface area contributed by atoms with Crippen molar-refractivity contribution in [3.63, 3.8) is 0 Å². The molecule has 6 heteroatoms. The zero-order chi connectivity index (χ0) is 14.4. The Morgan fingerprint density at radius 1 is 1.55 bits per heavy atom. The van der Waals surface area contributed by atoms with Gasteiger partial charge in [0.25, 0.3) is 6.01 Å². The van der Waals surface area contributed by atoms with E-state index in [0.29, 0.717) is 12.6 Å². The van der Waals surface area contributed by atoms with Gasteiger partial charge in [-0.3, -0.25) is 0 Å². The third-order valence-corrected chi connectivity index (χ3v) is 3.57. The Balaban J connectivity index is 1.70. The Morgan fingerprint density at radius 2 is 2.30 bits per heavy atom. The number of carbonyl (C=O) groups excluding carboxylic acids is 1. The van der Waals surface area contributed by atoms with E-state index in [1.807, 2.05) is 0 Å². The van der Waals surface area contributed by atoms with Crippen LogP contribution in [0.1, 0.15) is 37.2 Å². The van der Waals surface area contributed by atoms with Gasteiger partial charge in [0.2, 0.25) is 0 Å². The molecule has 0 radical (unpaired) electrons. The number of nitrogens with zero attached hydrogens (tertiary/aromatic N) is 2. The molecule has 1 aliphatic heterocycles. The van der Waals surface area contributed by atoms with Gasteiger partial charge in [0, 0.05) is 13.1 Å². The Hall–Kier alpha value is -1.56. The quantitative estimate of drug-likeness (QED) is 0.804. The van der Waals surface area contributed by atoms with Crippen molar-refractivity contribution in [1.29, 1.82) is 0 Å². The lowest BCUT2D eigenvalue weighted by molar-refractivity contribution is 0.0519. The lowest BCUT2D eigenvalue weighted by Crippen LogP contribution is -2.36. The molecule has 1 aromatic rings. The SMILES string of the molecule is CCOC(=O)c1coc(NCCN2CCC(C)CC2)n1. The lowest BCUT2D eigenvalue weighted by atomic mass is 9.99. The van der Waals surface area contributed by atoms with Crippen molar-refractivity contribution in [2.75, 3.05) is 38.1 Å². The monoisotopic (exact) mass is 281 g/mol. The van der Waals surface area contributed by atoms with E-state index in [4.69, 9.17) is 9.15 Å². The van der Waals surface area contributed by atoms with Crippen LogP contribution in [0.3, 0.4) is 0 Å². The summed E-state index contributed by atoms with van der Waals surface area (Å²) in [7, 11) is 0. The van der Waals surface area contributed by atoms with E-state index in [1.54, 1.807) is 6.92 Å². The number of hydrogen-bond donors (Lipinski definition) is 1. The standard InChI is InChI=1S/C14H23N3O3/c1-3-19-13(18)12-10-20-14(16-12)15-6-9-17-7-4-11(2)5-8-17/h10-11H,3-9H2,1-2H3,(H,15,16). The molecule has 1 aromatic heterocycles. The van der Waals surface area contributed by atoms with Crippen LogP contribution in [0.25, 0.3) is 0 Å². The van der Waals surface area contributed by atoms with Crippen LogP contribution in [0.15, 0.2) is 10.7 Å². The number of piperidine rings is 1. The molecule has 0 aromatic carbocycles. The number of anilines is 1. The first-order valence-corrected chi connectivity index (χ1v) is 7.28. The smallest absolute Gasteiger partial charge is 0.360 e. The minimum absolute atomic E-state index is 0.209. The number of ether oxygens (including phenoxy) is 1. The van der Waals surface area contributed by atoms with E-state index >= 15 is 0 Å². The highest BCUT2D eigenvalue weighted by Crippen LogP contribution is 2.15. The summed E-state index contributed by atoms with van der Waals surface area (Å²) in [5, 5.41) is 3.09. The Bertz CT molecular complexity index is 425. The third-order valence-electron chi connectivity index (χ3n) is 3.57. The molecule has 1 fully saturated rings. The van der Waals surface area contributed by atoms with Gasteiger partial charge in [-0.05, 0) is 38.8 Å². The molecule has 0 bridgehead atoms. The van der Waals surface area contributed by atoms with Crippen molar-refractivity contribution < 1.29 is 13.9 Å². The van der Waals surface area contributed by atoms with E-state index < -0.39 is 5.97 Å². The number of hydrogen-bond acceptors (Lipinski definition) is 6. The first-order chi connectivity index (χ1) is 9.69. The highest BCUT2D eigenvalue weighted by atomic mass is 16.5. The van der Waals surface area contributed by atoms with Gasteiger partial charge in [0.1, 0.15) is 6.26 Å². The summed E-state index contributed by atoms with van der Waals surface area (Å²) in [6, 6.07) is 0.374. The van der Waals surface area contributed by atoms with Crippen LogP contribution in [0, 0.1) is 5.92 Å². The number of oxazole rings is 1. The van der Waals surface area contributed by atoms with Crippen LogP contribution in [0.4, 0.5) is 6.01 Å². The number of esters is 1. The molecule has 0 unspecified atom stereocenters. The maximum absolute atomic E-state index is 11.4. The van der Waals surface area contributed by atoms with Crippen LogP contribution in [-0.2, 0) is 4.74 Å². The summed E-state index contributed by atoms with van der Waals surface area (Å²) < 4.78 is 10.1. The van der Waals surface area contributed by atoms with Gasteiger partial charge in [0.15, 0.2) is 5.69 Å². The van der Waals surface area contributed by atoms with E-state index in [2.05, 4.69) is 22.1 Å². The molecule has 0 atom stereocenters. The average molecular weight is 281 g/mol. The topological polar surface area (TPSA) is 67.6 Å². The van der Waals surface area contributed by atoms with Crippen molar-refractivity contribution >= 4 is 12.0 Å². The fourth-order valence-electron chi connectivity index (χ4n) is 2.26. The summed E-state index contributed by atoms with van der Waals surface area (Å²) >= 11 is 0. The minimum atomic E-state index is -0.450. The van der Waals surface area contributed by atoms with Crippen LogP contribution in [0.2, 0.25) is 0 Å². The highest BCUT2D eigenvalue weighted by molar-refractivity contribution is 5.87. The zero-order valence-electron chi connectivity index (χ0n) is 12.2. The van der Waals surface area contributed by atoms with Gasteiger partial charge >= 0.3 is 5.97 Å². The second-order valence-electron chi connectivity index (χ2n) is 5.21. The number of carbonyl (C=O) groups is 1. The van der Waals surface area contributed by atoms with Crippen molar-refractivity contribution in [2.24, 2.45) is 5.92 Å². The number of rotatable bonds is 6. The Morgan fingerprint density at radius 3 is 3.00 bits per heavy atom. The molecular formula is C14H23N3O3. The van der Waals surface area contributed by atoms with Gasteiger partial charge in [-0.1, -0.05) is 6.92 Å². The molecular weight excluding hydrogens is 258 g/mol. The molecule has 1 N–H and O–H groups in total. The molecule has 0 spiro atoms. The van der Waals surface area contributed by atoms with Crippen molar-refractivity contribution in [1.82, 2.24) is 9.88 Å². The summed E-state index contributed by atoms with van der Waals surface area (Å²) in [4.78, 5) is 17.9. The van der Waals surface area contributed by atoms with Crippen molar-refractivity contribution in [3.05, 3.63) is 12.0 Å². The predicted molar refractivity (Wildman–Crippen MR) is 75.8 cm³/mol. The maximum Gasteiger partial charge on any atom is 0.360 e. The molecule has 1 saturated heterocycles. The largest absolute Gasteiger partial charge is 0.461 e. The average Bonchev–Trinajstić information content (AvgIpc) is 2.90. The molecule has 6 nitrogen and oxygen atoms in total. The van der Waals surface area contributed by atoms with Gasteiger partial charge in [0.05, 0.1) is 6.61 Å². The van der Waals surface area contributed by atoms with Crippen LogP contribution < -0.4 is 5.32 Å². The molecule has 1 aliphatic rings. The summed E-state index contributed by atoms with van der Waals surface area (Å²) in [5.74, 6) is 0.396. The molecule has 20 heavy (non-hydrogen) atoms. The maximum atomic E-state index is 11.4. The van der Waals surface area contributed by atoms with Crippen molar-refractivity contribution in [2.45, 2.75) is 26.7 Å². The normalized spacial score (nSPS) is 17.1. The second kappa shape index (κ2) is 7.28. The lowest BCUT2D eigenvalue weighted by Gasteiger charge is -2.29. The van der Waals surface area contributed by atoms with Crippen molar-refractivity contribution in [3.8, 4) is 0 Å². The van der Waals surface area contributed by atoms with Crippen LogP contribution in [-0.4, -0.2) is 48.6 Å². The Kier molecular flexibility index (Phi) is 5.40. The summed E-state index contributed by atoms with van der Waals surface area (Å²) in [5.41, 5.74) is 0.209. The van der Waals surface area contributed by atoms with E-state index in [9.17, 15) is 4.79 Å². The molecule has 0 saturated carbocycles. The first-order valence-electron chi connectivity index (χ1n) is 7.28. The van der Waals surface area contributed by atoms with Crippen LogP contribution >= 0.6 is 0 Å². The van der Waals surface area contributed by atoms with Gasteiger partial charge in [-0.15, -0.1) is 0 Å². The fourth-order valence-corrected chi connectivity index (χ4v) is 2.26. The number of nitrogens with one attached hydrogen (secondary N) is 1. The first kappa shape index (κ1) is 14.8. The fraction of sp³-hybridized carbons (Fsp3) is 0.714. The van der Waals surface area contributed by atoms with Crippen LogP contribution in [0.5, 0.6) is 0 Å². The van der Waals surface area contributed by atoms with Gasteiger partial charge in [-0.2, -0.15) is 4.98 Å². The minimum Gasteiger partial charge on any atom is -0.461 e. The molecule has 0 aliphatic carbocycles. The predicted octanol–water partition coefficient (Wildman–Crippen LogP) is 2.00. The van der Waals surface area contributed by atoms with E-state index in [1.165, 1.54) is 19.1 Å².